The first-order valence-electron chi connectivity index (χ1n) is 12.5. The third-order valence-electron chi connectivity index (χ3n) is 5.23. The molecule has 0 spiro atoms. The number of urea groups is 1. The second-order valence-corrected chi connectivity index (χ2v) is 13.1. The van der Waals surface area contributed by atoms with Crippen molar-refractivity contribution in [3.05, 3.63) is 10.0 Å². The van der Waals surface area contributed by atoms with E-state index in [1.54, 1.807) is 41.5 Å². The molecule has 2 bridgehead atoms. The van der Waals surface area contributed by atoms with E-state index in [0.717, 1.165) is 5.06 Å². The van der Waals surface area contributed by atoms with Crippen molar-refractivity contribution in [1.29, 1.82) is 0 Å². The summed E-state index contributed by atoms with van der Waals surface area (Å²) in [6, 6.07) is -1.62. The summed E-state index contributed by atoms with van der Waals surface area (Å²) >= 11 is 1.25. The zero-order valence-corrected chi connectivity index (χ0v) is 25.1. The van der Waals surface area contributed by atoms with E-state index >= 15 is 0 Å². The monoisotopic (exact) mass is 615 g/mol. The Balaban J connectivity index is 1.65. The van der Waals surface area contributed by atoms with Crippen LogP contribution in [-0.2, 0) is 34.9 Å². The van der Waals surface area contributed by atoms with Crippen molar-refractivity contribution in [2.24, 2.45) is 10.1 Å². The molecule has 3 heterocycles. The molecule has 0 saturated carbocycles. The maximum atomic E-state index is 12.9. The van der Waals surface area contributed by atoms with Crippen LogP contribution in [0.4, 0.5) is 14.4 Å². The maximum absolute atomic E-state index is 12.9. The number of nitrogens with one attached hydrogen (secondary N) is 2. The SMILES string of the molecule is [B]=NOS(=O)(=O)ON1C(=O)N2C[C@H]1CC[C@H]2c1nnc(CCN=C(NC(=O)OC(C)(C)C)NC(=O)OC(C)(C)C)s1. The number of hydrogen-bond acceptors (Lipinski definition) is 14. The molecule has 41 heavy (non-hydrogen) atoms. The number of aromatic nitrogens is 2. The van der Waals surface area contributed by atoms with Gasteiger partial charge in [0.2, 0.25) is 5.96 Å². The second kappa shape index (κ2) is 12.6. The number of alkyl carbamates (subject to hydrolysis) is 2. The summed E-state index contributed by atoms with van der Waals surface area (Å²) in [5.41, 5.74) is -1.54. The van der Waals surface area contributed by atoms with Crippen LogP contribution in [0.15, 0.2) is 10.1 Å². The molecule has 1 aromatic heterocycles. The molecule has 20 heteroatoms. The summed E-state index contributed by atoms with van der Waals surface area (Å²) in [4.78, 5) is 43.0. The average molecular weight is 615 g/mol. The molecule has 2 atom stereocenters. The zero-order chi connectivity index (χ0) is 30.6. The number of carbonyl (C=O) groups is 3. The zero-order valence-electron chi connectivity index (χ0n) is 23.4. The van der Waals surface area contributed by atoms with Crippen molar-refractivity contribution in [2.75, 3.05) is 13.1 Å². The first kappa shape index (κ1) is 32.1. The summed E-state index contributed by atoms with van der Waals surface area (Å²) in [5, 5.41) is 17.6. The van der Waals surface area contributed by atoms with E-state index < -0.39 is 51.9 Å². The van der Waals surface area contributed by atoms with E-state index in [1.165, 1.54) is 16.2 Å². The van der Waals surface area contributed by atoms with Crippen LogP contribution in [0.25, 0.3) is 0 Å². The van der Waals surface area contributed by atoms with Crippen LogP contribution in [0.2, 0.25) is 0 Å². The predicted octanol–water partition coefficient (Wildman–Crippen LogP) is 1.89. The van der Waals surface area contributed by atoms with Crippen LogP contribution in [-0.4, -0.2) is 90.7 Å². The first-order valence-corrected chi connectivity index (χ1v) is 14.6. The summed E-state index contributed by atoms with van der Waals surface area (Å²) in [5.74, 6) is -0.166. The van der Waals surface area contributed by atoms with Gasteiger partial charge in [0.25, 0.3) is 0 Å². The third kappa shape index (κ3) is 9.60. The number of ether oxygens (including phenoxy) is 2. The molecule has 0 aromatic carbocycles. The molecule has 2 saturated heterocycles. The van der Waals surface area contributed by atoms with Gasteiger partial charge in [-0.05, 0) is 41.5 Å². The molecule has 2 N–H and O–H groups in total. The molecule has 2 aliphatic rings. The van der Waals surface area contributed by atoms with Crippen LogP contribution in [0, 0.1) is 0 Å². The fourth-order valence-corrected chi connectivity index (χ4v) is 5.32. The van der Waals surface area contributed by atoms with Gasteiger partial charge in [0.1, 0.15) is 11.2 Å². The Morgan fingerprint density at radius 1 is 1.07 bits per heavy atom. The van der Waals surface area contributed by atoms with Gasteiger partial charge in [-0.1, -0.05) is 0 Å². The Bertz CT molecular complexity index is 1260. The number of nitrogens with zero attached hydrogens (tertiary/aromatic N) is 6. The van der Waals surface area contributed by atoms with Gasteiger partial charge in [0.15, 0.2) is 0 Å². The number of amides is 4. The van der Waals surface area contributed by atoms with E-state index in [9.17, 15) is 22.8 Å². The van der Waals surface area contributed by atoms with Gasteiger partial charge in [-0.3, -0.25) is 15.6 Å². The molecule has 0 unspecified atom stereocenters. The fourth-order valence-electron chi connectivity index (χ4n) is 3.83. The molecule has 1 radical (unpaired) electrons. The van der Waals surface area contributed by atoms with E-state index in [2.05, 4.69) is 35.2 Å². The molecule has 2 fully saturated rings. The van der Waals surface area contributed by atoms with E-state index in [-0.39, 0.29) is 19.0 Å². The average Bonchev–Trinajstić information content (AvgIpc) is 3.35. The summed E-state index contributed by atoms with van der Waals surface area (Å²) in [6.45, 7) is 10.5. The van der Waals surface area contributed by atoms with Crippen molar-refractivity contribution < 1.29 is 40.8 Å². The van der Waals surface area contributed by atoms with Crippen LogP contribution < -0.4 is 10.6 Å². The molecule has 17 nitrogen and oxygen atoms in total. The van der Waals surface area contributed by atoms with Crippen molar-refractivity contribution in [1.82, 2.24) is 30.8 Å². The van der Waals surface area contributed by atoms with Gasteiger partial charge < -0.3 is 9.47 Å². The van der Waals surface area contributed by atoms with Gasteiger partial charge in [0.05, 0.1) is 0 Å². The number of piperidine rings is 1. The van der Waals surface area contributed by atoms with Gasteiger partial charge in [-0.2, -0.15) is 0 Å². The van der Waals surface area contributed by atoms with E-state index in [1.807, 2.05) is 0 Å². The van der Waals surface area contributed by atoms with Gasteiger partial charge in [-0.15, -0.1) is 0 Å². The van der Waals surface area contributed by atoms with Gasteiger partial charge in [-0.25, -0.2) is 9.59 Å². The molecule has 0 aliphatic carbocycles. The molecular weight excluding hydrogens is 583 g/mol. The molecular formula is C21H32BN8O9S2. The minimum absolute atomic E-state index is 0.108. The Labute approximate surface area is 242 Å². The number of fused-ring (bicyclic) bond motifs is 2. The molecule has 4 amide bonds. The Morgan fingerprint density at radius 2 is 1.68 bits per heavy atom. The standard InChI is InChI=1S/C21H32BN8O9S2/c1-20(2,3)36-17(31)24-16(25-18(32)37-21(4,5)6)23-10-9-14-26-27-15(40-14)13-8-7-12-11-29(13)19(33)30(12)39-41(34,35)38-28-22/h12-13H,7-11H2,1-6H3,(H2,23,24,25,31,32)/t12-,13+/m1/s1. The fraction of sp³-hybridized carbons (Fsp3) is 0.714. The van der Waals surface area contributed by atoms with Crippen molar-refractivity contribution >= 4 is 53.6 Å². The topological polar surface area (TPSA) is 203 Å². The van der Waals surface area contributed by atoms with Crippen LogP contribution in [0.1, 0.15) is 70.4 Å². The number of guanidine groups is 1. The summed E-state index contributed by atoms with van der Waals surface area (Å²) in [6.07, 6.45) is -0.395. The Hall–Kier alpha value is -3.39. The van der Waals surface area contributed by atoms with Crippen molar-refractivity contribution in [3.63, 3.8) is 0 Å². The number of carbonyl (C=O) groups excluding carboxylic acids is 3. The quantitative estimate of drug-likeness (QED) is 0.187. The third-order valence-corrected chi connectivity index (χ3v) is 6.93. The number of hydrogen-bond donors (Lipinski definition) is 2. The normalized spacial score (nSPS) is 18.9. The van der Waals surface area contributed by atoms with Crippen molar-refractivity contribution in [2.45, 2.75) is 84.1 Å². The van der Waals surface area contributed by atoms with E-state index in [0.29, 0.717) is 29.3 Å². The van der Waals surface area contributed by atoms with Crippen LogP contribution >= 0.6 is 11.3 Å². The summed E-state index contributed by atoms with van der Waals surface area (Å²) in [7, 11) is 0.0929. The second-order valence-electron chi connectivity index (χ2n) is 10.9. The summed E-state index contributed by atoms with van der Waals surface area (Å²) < 4.78 is 42.7. The van der Waals surface area contributed by atoms with E-state index in [4.69, 9.17) is 21.4 Å². The van der Waals surface area contributed by atoms with Gasteiger partial charge in [0, 0.05) is 6.54 Å². The van der Waals surface area contributed by atoms with Crippen molar-refractivity contribution in [3.8, 4) is 0 Å². The van der Waals surface area contributed by atoms with Crippen LogP contribution in [0.5, 0.6) is 0 Å². The predicted molar refractivity (Wildman–Crippen MR) is 144 cm³/mol. The molecule has 3 rings (SSSR count). The minimum atomic E-state index is -4.63. The first-order chi connectivity index (χ1) is 19.0. The Morgan fingerprint density at radius 3 is 2.24 bits per heavy atom. The number of hydroxylamine groups is 2. The van der Waals surface area contributed by atoms with Crippen LogP contribution in [0.3, 0.4) is 0 Å². The molecule has 225 valence electrons. The number of rotatable bonds is 8. The molecule has 2 aliphatic heterocycles. The number of aliphatic imine (C=N–C) groups is 1. The Kier molecular flexibility index (Phi) is 9.91. The molecule has 1 aromatic rings. The van der Waals surface area contributed by atoms with Gasteiger partial charge >= 0.3 is 142 Å².